The molecule has 0 bridgehead atoms. The van der Waals surface area contributed by atoms with E-state index in [1.807, 2.05) is 0 Å². The fraction of sp³-hybridized carbons (Fsp3) is 0.500. The van der Waals surface area contributed by atoms with Crippen LogP contribution in [0.1, 0.15) is 11.1 Å². The first kappa shape index (κ1) is 11.5. The van der Waals surface area contributed by atoms with Crippen LogP contribution >= 0.6 is 0 Å². The number of nitrogens with zero attached hydrogens (tertiary/aromatic N) is 1. The van der Waals surface area contributed by atoms with Crippen molar-refractivity contribution < 1.29 is 14.2 Å². The van der Waals surface area contributed by atoms with Crippen molar-refractivity contribution in [1.82, 2.24) is 4.90 Å². The first-order chi connectivity index (χ1) is 7.79. The maximum absolute atomic E-state index is 13.5. The highest BCUT2D eigenvalue weighted by atomic mass is 19.1. The molecular formula is C12H16FNO2. The zero-order valence-electron chi connectivity index (χ0n) is 9.16. The molecule has 0 saturated carbocycles. The van der Waals surface area contributed by atoms with Gasteiger partial charge in [0.05, 0.1) is 19.8 Å². The quantitative estimate of drug-likeness (QED) is 0.837. The van der Waals surface area contributed by atoms with Gasteiger partial charge in [-0.05, 0) is 17.7 Å². The Morgan fingerprint density at radius 3 is 2.75 bits per heavy atom. The molecule has 0 unspecified atom stereocenters. The van der Waals surface area contributed by atoms with Crippen LogP contribution in [0.15, 0.2) is 18.2 Å². The number of morpholine rings is 1. The van der Waals surface area contributed by atoms with Crippen molar-refractivity contribution in [2.45, 2.75) is 13.2 Å². The van der Waals surface area contributed by atoms with Gasteiger partial charge < -0.3 is 9.84 Å². The van der Waals surface area contributed by atoms with E-state index < -0.39 is 0 Å². The molecule has 0 aromatic heterocycles. The molecule has 1 aliphatic rings. The van der Waals surface area contributed by atoms with Crippen molar-refractivity contribution >= 4 is 0 Å². The summed E-state index contributed by atoms with van der Waals surface area (Å²) in [4.78, 5) is 2.16. The van der Waals surface area contributed by atoms with E-state index in [2.05, 4.69) is 4.90 Å². The summed E-state index contributed by atoms with van der Waals surface area (Å²) >= 11 is 0. The zero-order chi connectivity index (χ0) is 11.4. The minimum absolute atomic E-state index is 0.0452. The van der Waals surface area contributed by atoms with E-state index >= 15 is 0 Å². The largest absolute Gasteiger partial charge is 0.392 e. The standard InChI is InChI=1S/C12H16FNO2/c13-12-2-1-10(9-15)7-11(12)8-14-3-5-16-6-4-14/h1-2,7,15H,3-6,8-9H2. The van der Waals surface area contributed by atoms with Crippen molar-refractivity contribution in [3.63, 3.8) is 0 Å². The summed E-state index contributed by atoms with van der Waals surface area (Å²) in [7, 11) is 0. The Kier molecular flexibility index (Phi) is 3.88. The van der Waals surface area contributed by atoms with E-state index in [9.17, 15) is 4.39 Å². The Hall–Kier alpha value is -0.970. The average molecular weight is 225 g/mol. The van der Waals surface area contributed by atoms with E-state index in [0.29, 0.717) is 25.3 Å². The molecule has 1 saturated heterocycles. The molecule has 1 N–H and O–H groups in total. The van der Waals surface area contributed by atoms with Crippen molar-refractivity contribution in [3.05, 3.63) is 35.1 Å². The highest BCUT2D eigenvalue weighted by Crippen LogP contribution is 2.14. The van der Waals surface area contributed by atoms with Gasteiger partial charge >= 0.3 is 0 Å². The lowest BCUT2D eigenvalue weighted by atomic mass is 10.1. The molecular weight excluding hydrogens is 209 g/mol. The monoisotopic (exact) mass is 225 g/mol. The molecule has 0 atom stereocenters. The zero-order valence-corrected chi connectivity index (χ0v) is 9.16. The second-order valence-corrected chi connectivity index (χ2v) is 3.97. The summed E-state index contributed by atoms with van der Waals surface area (Å²) in [5.41, 5.74) is 1.40. The molecule has 0 amide bonds. The summed E-state index contributed by atoms with van der Waals surface area (Å²) < 4.78 is 18.8. The van der Waals surface area contributed by atoms with Gasteiger partial charge in [0, 0.05) is 25.2 Å². The van der Waals surface area contributed by atoms with Gasteiger partial charge in [-0.15, -0.1) is 0 Å². The third kappa shape index (κ3) is 2.78. The second kappa shape index (κ2) is 5.39. The lowest BCUT2D eigenvalue weighted by Crippen LogP contribution is -2.35. The summed E-state index contributed by atoms with van der Waals surface area (Å²) in [6.45, 7) is 3.63. The van der Waals surface area contributed by atoms with Gasteiger partial charge in [-0.25, -0.2) is 4.39 Å². The van der Waals surface area contributed by atoms with Crippen molar-refractivity contribution in [3.8, 4) is 0 Å². The van der Waals surface area contributed by atoms with E-state index in [1.165, 1.54) is 6.07 Å². The van der Waals surface area contributed by atoms with Crippen molar-refractivity contribution in [2.24, 2.45) is 0 Å². The maximum Gasteiger partial charge on any atom is 0.127 e. The van der Waals surface area contributed by atoms with Gasteiger partial charge in [0.15, 0.2) is 0 Å². The van der Waals surface area contributed by atoms with Crippen LogP contribution < -0.4 is 0 Å². The molecule has 88 valence electrons. The molecule has 2 rings (SSSR count). The number of hydrogen-bond acceptors (Lipinski definition) is 3. The third-order valence-electron chi connectivity index (χ3n) is 2.79. The van der Waals surface area contributed by atoms with E-state index in [-0.39, 0.29) is 12.4 Å². The Bertz CT molecular complexity index is 351. The molecule has 1 fully saturated rings. The number of hydrogen-bond donors (Lipinski definition) is 1. The lowest BCUT2D eigenvalue weighted by Gasteiger charge is -2.26. The maximum atomic E-state index is 13.5. The summed E-state index contributed by atoms with van der Waals surface area (Å²) in [5, 5.41) is 9.00. The Labute approximate surface area is 94.4 Å². The molecule has 1 heterocycles. The molecule has 1 aromatic carbocycles. The van der Waals surface area contributed by atoms with E-state index in [0.717, 1.165) is 18.7 Å². The van der Waals surface area contributed by atoms with Crippen LogP contribution in [0, 0.1) is 5.82 Å². The molecule has 0 aliphatic carbocycles. The minimum atomic E-state index is -0.205. The molecule has 1 aliphatic heterocycles. The predicted molar refractivity (Wildman–Crippen MR) is 58.4 cm³/mol. The number of aliphatic hydroxyl groups is 1. The highest BCUT2D eigenvalue weighted by molar-refractivity contribution is 5.24. The van der Waals surface area contributed by atoms with Gasteiger partial charge in [-0.1, -0.05) is 6.07 Å². The van der Waals surface area contributed by atoms with Gasteiger partial charge in [-0.2, -0.15) is 0 Å². The molecule has 3 nitrogen and oxygen atoms in total. The molecule has 0 spiro atoms. The third-order valence-corrected chi connectivity index (χ3v) is 2.79. The van der Waals surface area contributed by atoms with Crippen molar-refractivity contribution in [2.75, 3.05) is 26.3 Å². The van der Waals surface area contributed by atoms with Gasteiger partial charge in [-0.3, -0.25) is 4.90 Å². The van der Waals surface area contributed by atoms with Crippen LogP contribution in [0.2, 0.25) is 0 Å². The Balaban J connectivity index is 2.06. The summed E-state index contributed by atoms with van der Waals surface area (Å²) in [6.07, 6.45) is 0. The average Bonchev–Trinajstić information content (AvgIpc) is 2.33. The first-order valence-corrected chi connectivity index (χ1v) is 5.48. The van der Waals surface area contributed by atoms with Gasteiger partial charge in [0.25, 0.3) is 0 Å². The second-order valence-electron chi connectivity index (χ2n) is 3.97. The van der Waals surface area contributed by atoms with Crippen LogP contribution in [0.4, 0.5) is 4.39 Å². The number of aliphatic hydroxyl groups excluding tert-OH is 1. The molecule has 4 heteroatoms. The number of ether oxygens (including phenoxy) is 1. The normalized spacial score (nSPS) is 17.6. The van der Waals surface area contributed by atoms with Crippen LogP contribution in [0.5, 0.6) is 0 Å². The fourth-order valence-corrected chi connectivity index (χ4v) is 1.85. The van der Waals surface area contributed by atoms with Crippen molar-refractivity contribution in [1.29, 1.82) is 0 Å². The predicted octanol–water partition coefficient (Wildman–Crippen LogP) is 1.15. The minimum Gasteiger partial charge on any atom is -0.392 e. The van der Waals surface area contributed by atoms with Crippen LogP contribution in [-0.2, 0) is 17.9 Å². The first-order valence-electron chi connectivity index (χ1n) is 5.48. The lowest BCUT2D eigenvalue weighted by molar-refractivity contribution is 0.0337. The number of halogens is 1. The number of rotatable bonds is 3. The van der Waals surface area contributed by atoms with Gasteiger partial charge in [0.2, 0.25) is 0 Å². The Morgan fingerprint density at radius 2 is 2.06 bits per heavy atom. The smallest absolute Gasteiger partial charge is 0.127 e. The molecule has 0 radical (unpaired) electrons. The Morgan fingerprint density at radius 1 is 1.31 bits per heavy atom. The van der Waals surface area contributed by atoms with Crippen LogP contribution in [0.3, 0.4) is 0 Å². The number of benzene rings is 1. The molecule has 1 aromatic rings. The fourth-order valence-electron chi connectivity index (χ4n) is 1.85. The van der Waals surface area contributed by atoms with Crippen LogP contribution in [0.25, 0.3) is 0 Å². The SMILES string of the molecule is OCc1ccc(F)c(CN2CCOCC2)c1. The summed E-state index contributed by atoms with van der Waals surface area (Å²) in [6, 6.07) is 4.75. The molecule has 16 heavy (non-hydrogen) atoms. The van der Waals surface area contributed by atoms with Crippen LogP contribution in [-0.4, -0.2) is 36.3 Å². The van der Waals surface area contributed by atoms with E-state index in [4.69, 9.17) is 9.84 Å². The topological polar surface area (TPSA) is 32.7 Å². The van der Waals surface area contributed by atoms with E-state index in [1.54, 1.807) is 12.1 Å². The highest BCUT2D eigenvalue weighted by Gasteiger charge is 2.13. The summed E-state index contributed by atoms with van der Waals surface area (Å²) in [5.74, 6) is -0.205. The van der Waals surface area contributed by atoms with Gasteiger partial charge in [0.1, 0.15) is 5.82 Å².